The molecule has 1 aliphatic rings. The summed E-state index contributed by atoms with van der Waals surface area (Å²) in [6.45, 7) is 3.85. The van der Waals surface area contributed by atoms with E-state index in [4.69, 9.17) is 0 Å². The lowest BCUT2D eigenvalue weighted by molar-refractivity contribution is -0.384. The van der Waals surface area contributed by atoms with Crippen molar-refractivity contribution >= 4 is 34.4 Å². The minimum atomic E-state index is -0.510. The van der Waals surface area contributed by atoms with Crippen molar-refractivity contribution in [3.8, 4) is 0 Å². The molecule has 0 spiro atoms. The van der Waals surface area contributed by atoms with Crippen LogP contribution < -0.4 is 10.2 Å². The van der Waals surface area contributed by atoms with E-state index in [0.717, 1.165) is 16.0 Å². The predicted molar refractivity (Wildman–Crippen MR) is 118 cm³/mol. The average molecular weight is 413 g/mol. The highest BCUT2D eigenvalue weighted by molar-refractivity contribution is 6.46. The number of hydrogen-bond acceptors (Lipinski definition) is 5. The van der Waals surface area contributed by atoms with Crippen molar-refractivity contribution in [2.75, 3.05) is 10.2 Å². The Hall–Kier alpha value is -4.26. The number of nitro groups is 1. The van der Waals surface area contributed by atoms with Crippen LogP contribution in [0.3, 0.4) is 0 Å². The van der Waals surface area contributed by atoms with E-state index in [1.54, 1.807) is 18.2 Å². The molecule has 0 saturated heterocycles. The van der Waals surface area contributed by atoms with E-state index in [9.17, 15) is 19.7 Å². The van der Waals surface area contributed by atoms with Gasteiger partial charge in [-0.15, -0.1) is 0 Å². The summed E-state index contributed by atoms with van der Waals surface area (Å²) in [6.07, 6.45) is 0. The first kappa shape index (κ1) is 20.0. The summed E-state index contributed by atoms with van der Waals surface area (Å²) in [6, 6.07) is 20.1. The van der Waals surface area contributed by atoms with Crippen molar-refractivity contribution in [1.29, 1.82) is 0 Å². The molecular weight excluding hydrogens is 394 g/mol. The number of amides is 2. The summed E-state index contributed by atoms with van der Waals surface area (Å²) in [5, 5.41) is 14.1. The number of benzene rings is 3. The second-order valence-electron chi connectivity index (χ2n) is 7.33. The van der Waals surface area contributed by atoms with Gasteiger partial charge in [0, 0.05) is 17.8 Å². The minimum absolute atomic E-state index is 0.0929. The van der Waals surface area contributed by atoms with Gasteiger partial charge in [0.05, 0.1) is 16.2 Å². The molecule has 0 radical (unpaired) electrons. The van der Waals surface area contributed by atoms with Crippen LogP contribution in [0.2, 0.25) is 0 Å². The normalized spacial score (nSPS) is 13.7. The molecule has 154 valence electrons. The van der Waals surface area contributed by atoms with Gasteiger partial charge in [0.1, 0.15) is 5.70 Å². The van der Waals surface area contributed by atoms with E-state index in [-0.39, 0.29) is 17.0 Å². The fourth-order valence-corrected chi connectivity index (χ4v) is 3.46. The number of nitrogens with one attached hydrogen (secondary N) is 1. The number of imide groups is 1. The van der Waals surface area contributed by atoms with Gasteiger partial charge in [0.2, 0.25) is 0 Å². The van der Waals surface area contributed by atoms with Crippen LogP contribution in [0.4, 0.5) is 17.1 Å². The summed E-state index contributed by atoms with van der Waals surface area (Å²) >= 11 is 0. The van der Waals surface area contributed by atoms with Crippen LogP contribution in [-0.2, 0) is 9.59 Å². The van der Waals surface area contributed by atoms with Crippen molar-refractivity contribution in [1.82, 2.24) is 0 Å². The summed E-state index contributed by atoms with van der Waals surface area (Å²) < 4.78 is 0. The van der Waals surface area contributed by atoms with Crippen LogP contribution in [0.25, 0.3) is 5.57 Å². The van der Waals surface area contributed by atoms with Crippen LogP contribution in [0.1, 0.15) is 16.7 Å². The maximum atomic E-state index is 13.4. The fourth-order valence-electron chi connectivity index (χ4n) is 3.46. The van der Waals surface area contributed by atoms with Gasteiger partial charge in [0.25, 0.3) is 17.5 Å². The zero-order valence-corrected chi connectivity index (χ0v) is 17.0. The number of nitrogens with zero attached hydrogens (tertiary/aromatic N) is 2. The van der Waals surface area contributed by atoms with E-state index >= 15 is 0 Å². The number of non-ortho nitro benzene ring substituents is 1. The third-order valence-electron chi connectivity index (χ3n) is 5.03. The van der Waals surface area contributed by atoms with Gasteiger partial charge < -0.3 is 5.32 Å². The molecule has 0 bridgehead atoms. The first-order valence-electron chi connectivity index (χ1n) is 9.63. The molecular formula is C24H19N3O4. The summed E-state index contributed by atoms with van der Waals surface area (Å²) in [5.74, 6) is -0.971. The number of carbonyl (C=O) groups is 2. The number of aryl methyl sites for hydroxylation is 2. The van der Waals surface area contributed by atoms with Crippen LogP contribution >= 0.6 is 0 Å². The van der Waals surface area contributed by atoms with E-state index < -0.39 is 16.7 Å². The third kappa shape index (κ3) is 3.81. The molecule has 0 fully saturated rings. The van der Waals surface area contributed by atoms with E-state index in [1.165, 1.54) is 24.3 Å². The summed E-state index contributed by atoms with van der Waals surface area (Å²) in [5.41, 5.74) is 3.76. The topological polar surface area (TPSA) is 92.6 Å². The molecule has 7 heteroatoms. The largest absolute Gasteiger partial charge is 0.350 e. The SMILES string of the molecule is Cc1ccc(N2C(=O)C(Nc3cccc(C)c3)=C(c3ccc([N+](=O)[O-])cc3)C2=O)cc1. The molecule has 0 aromatic heterocycles. The summed E-state index contributed by atoms with van der Waals surface area (Å²) in [4.78, 5) is 38.3. The molecule has 3 aromatic carbocycles. The Balaban J connectivity index is 1.82. The highest BCUT2D eigenvalue weighted by Gasteiger charge is 2.40. The van der Waals surface area contributed by atoms with Gasteiger partial charge in [-0.2, -0.15) is 0 Å². The van der Waals surface area contributed by atoms with Gasteiger partial charge in [0.15, 0.2) is 0 Å². The van der Waals surface area contributed by atoms with Gasteiger partial charge in [-0.1, -0.05) is 29.8 Å². The molecule has 2 amide bonds. The molecule has 0 aliphatic carbocycles. The first-order chi connectivity index (χ1) is 14.8. The van der Waals surface area contributed by atoms with E-state index in [0.29, 0.717) is 16.9 Å². The molecule has 4 rings (SSSR count). The highest BCUT2D eigenvalue weighted by Crippen LogP contribution is 2.34. The third-order valence-corrected chi connectivity index (χ3v) is 5.03. The lowest BCUT2D eigenvalue weighted by atomic mass is 10.0. The van der Waals surface area contributed by atoms with Crippen molar-refractivity contribution in [3.05, 3.63) is 105 Å². The lowest BCUT2D eigenvalue weighted by Gasteiger charge is -2.15. The lowest BCUT2D eigenvalue weighted by Crippen LogP contribution is -2.32. The second-order valence-corrected chi connectivity index (χ2v) is 7.33. The second kappa shape index (κ2) is 7.87. The maximum absolute atomic E-state index is 13.4. The maximum Gasteiger partial charge on any atom is 0.282 e. The van der Waals surface area contributed by atoms with E-state index in [1.807, 2.05) is 44.2 Å². The number of nitro benzene ring substituents is 1. The fraction of sp³-hybridized carbons (Fsp3) is 0.0833. The van der Waals surface area contributed by atoms with Crippen LogP contribution in [-0.4, -0.2) is 16.7 Å². The van der Waals surface area contributed by atoms with Gasteiger partial charge in [-0.3, -0.25) is 19.7 Å². The smallest absolute Gasteiger partial charge is 0.282 e. The quantitative estimate of drug-likeness (QED) is 0.375. The first-order valence-corrected chi connectivity index (χ1v) is 9.63. The van der Waals surface area contributed by atoms with Crippen LogP contribution in [0, 0.1) is 24.0 Å². The minimum Gasteiger partial charge on any atom is -0.350 e. The number of rotatable bonds is 5. The standard InChI is InChI=1S/C24H19N3O4/c1-15-6-10-19(11-7-15)26-23(28)21(17-8-12-20(13-9-17)27(30)31)22(24(26)29)25-18-5-3-4-16(2)14-18/h3-14,25H,1-2H3. The molecule has 1 aliphatic heterocycles. The Labute approximate surface area is 178 Å². The molecule has 0 atom stereocenters. The van der Waals surface area contributed by atoms with Crippen LogP contribution in [0.15, 0.2) is 78.5 Å². The Morgan fingerprint density at radius 3 is 2.13 bits per heavy atom. The van der Waals surface area contributed by atoms with Crippen molar-refractivity contribution in [3.63, 3.8) is 0 Å². The zero-order chi connectivity index (χ0) is 22.1. The predicted octanol–water partition coefficient (Wildman–Crippen LogP) is 4.61. The van der Waals surface area contributed by atoms with E-state index in [2.05, 4.69) is 5.32 Å². The van der Waals surface area contributed by atoms with Crippen molar-refractivity contribution in [2.45, 2.75) is 13.8 Å². The Kier molecular flexibility index (Phi) is 5.09. The average Bonchev–Trinajstić information content (AvgIpc) is 2.98. The van der Waals surface area contributed by atoms with Gasteiger partial charge in [-0.05, 0) is 61.4 Å². The molecule has 7 nitrogen and oxygen atoms in total. The Morgan fingerprint density at radius 1 is 0.839 bits per heavy atom. The molecule has 1 N–H and O–H groups in total. The van der Waals surface area contributed by atoms with Crippen molar-refractivity contribution < 1.29 is 14.5 Å². The van der Waals surface area contributed by atoms with Crippen molar-refractivity contribution in [2.24, 2.45) is 0 Å². The summed E-state index contributed by atoms with van der Waals surface area (Å²) in [7, 11) is 0. The zero-order valence-electron chi connectivity index (χ0n) is 17.0. The Morgan fingerprint density at radius 2 is 1.52 bits per heavy atom. The van der Waals surface area contributed by atoms with Gasteiger partial charge in [-0.25, -0.2) is 4.90 Å². The molecule has 31 heavy (non-hydrogen) atoms. The number of hydrogen-bond donors (Lipinski definition) is 1. The number of anilines is 2. The molecule has 0 unspecified atom stereocenters. The van der Waals surface area contributed by atoms with Crippen LogP contribution in [0.5, 0.6) is 0 Å². The Bertz CT molecular complexity index is 1230. The monoisotopic (exact) mass is 413 g/mol. The highest BCUT2D eigenvalue weighted by atomic mass is 16.6. The molecule has 3 aromatic rings. The number of carbonyl (C=O) groups excluding carboxylic acids is 2. The van der Waals surface area contributed by atoms with Gasteiger partial charge >= 0.3 is 0 Å². The molecule has 0 saturated carbocycles. The molecule has 1 heterocycles.